The van der Waals surface area contributed by atoms with E-state index in [-0.39, 0.29) is 37.5 Å². The molecule has 0 radical (unpaired) electrons. The summed E-state index contributed by atoms with van der Waals surface area (Å²) in [5, 5.41) is 0. The van der Waals surface area contributed by atoms with E-state index in [9.17, 15) is 9.59 Å². The van der Waals surface area contributed by atoms with Crippen molar-refractivity contribution in [2.24, 2.45) is 0 Å². The summed E-state index contributed by atoms with van der Waals surface area (Å²) in [5.74, 6) is -0.697. The standard InChI is InChI=1S/C14H24O4/c1-5-12(6-2)18-14(16)8-7-13(15)17-10-9-11(3)4/h9,12H,5-8,10H2,1-4H3. The van der Waals surface area contributed by atoms with Crippen LogP contribution in [0.2, 0.25) is 0 Å². The van der Waals surface area contributed by atoms with Crippen LogP contribution in [0.4, 0.5) is 0 Å². The molecule has 0 fully saturated rings. The average Bonchev–Trinajstić information content (AvgIpc) is 2.33. The van der Waals surface area contributed by atoms with Crippen LogP contribution in [0.25, 0.3) is 0 Å². The normalized spacial score (nSPS) is 10.1. The van der Waals surface area contributed by atoms with Crippen molar-refractivity contribution in [3.05, 3.63) is 11.6 Å². The SMILES string of the molecule is CCC(CC)OC(=O)CCC(=O)OCC=C(C)C. The van der Waals surface area contributed by atoms with E-state index >= 15 is 0 Å². The van der Waals surface area contributed by atoms with E-state index in [1.54, 1.807) is 0 Å². The first-order valence-corrected chi connectivity index (χ1v) is 6.48. The van der Waals surface area contributed by atoms with Gasteiger partial charge in [-0.1, -0.05) is 19.4 Å². The van der Waals surface area contributed by atoms with Crippen molar-refractivity contribution >= 4 is 11.9 Å². The highest BCUT2D eigenvalue weighted by Crippen LogP contribution is 2.06. The van der Waals surface area contributed by atoms with Crippen molar-refractivity contribution in [2.45, 2.75) is 59.5 Å². The number of allylic oxidation sites excluding steroid dienone is 1. The first-order chi connectivity index (χ1) is 8.49. The zero-order valence-electron chi connectivity index (χ0n) is 11.8. The Bertz CT molecular complexity index is 286. The lowest BCUT2D eigenvalue weighted by atomic mass is 10.2. The quantitative estimate of drug-likeness (QED) is 0.495. The fourth-order valence-corrected chi connectivity index (χ4v) is 1.28. The second kappa shape index (κ2) is 9.68. The molecule has 0 aromatic carbocycles. The van der Waals surface area contributed by atoms with Gasteiger partial charge in [0.05, 0.1) is 12.8 Å². The highest BCUT2D eigenvalue weighted by Gasteiger charge is 2.12. The Balaban J connectivity index is 3.78. The predicted octanol–water partition coefficient (Wildman–Crippen LogP) is 3.01. The lowest BCUT2D eigenvalue weighted by molar-refractivity contribution is -0.153. The third-order valence-corrected chi connectivity index (χ3v) is 2.48. The largest absolute Gasteiger partial charge is 0.462 e. The van der Waals surface area contributed by atoms with Gasteiger partial charge in [-0.2, -0.15) is 0 Å². The topological polar surface area (TPSA) is 52.6 Å². The van der Waals surface area contributed by atoms with Gasteiger partial charge in [-0.3, -0.25) is 9.59 Å². The Kier molecular flexibility index (Phi) is 8.97. The Labute approximate surface area is 109 Å². The second-order valence-corrected chi connectivity index (χ2v) is 4.39. The summed E-state index contributed by atoms with van der Waals surface area (Å²) in [4.78, 5) is 22.7. The van der Waals surface area contributed by atoms with Crippen LogP contribution in [0, 0.1) is 0 Å². The van der Waals surface area contributed by atoms with E-state index in [0.717, 1.165) is 18.4 Å². The van der Waals surface area contributed by atoms with Crippen molar-refractivity contribution in [1.82, 2.24) is 0 Å². The van der Waals surface area contributed by atoms with Gasteiger partial charge in [-0.25, -0.2) is 0 Å². The van der Waals surface area contributed by atoms with Gasteiger partial charge >= 0.3 is 11.9 Å². The zero-order valence-corrected chi connectivity index (χ0v) is 11.8. The summed E-state index contributed by atoms with van der Waals surface area (Å²) in [6.45, 7) is 8.06. The molecular weight excluding hydrogens is 232 g/mol. The molecule has 0 saturated carbocycles. The van der Waals surface area contributed by atoms with E-state index in [1.165, 1.54) is 0 Å². The van der Waals surface area contributed by atoms with E-state index in [0.29, 0.717) is 0 Å². The Morgan fingerprint density at radius 2 is 1.61 bits per heavy atom. The molecule has 18 heavy (non-hydrogen) atoms. The summed E-state index contributed by atoms with van der Waals surface area (Å²) in [6.07, 6.45) is 3.54. The minimum absolute atomic E-state index is 0.0424. The third-order valence-electron chi connectivity index (χ3n) is 2.48. The first-order valence-electron chi connectivity index (χ1n) is 6.48. The summed E-state index contributed by atoms with van der Waals surface area (Å²) >= 11 is 0. The van der Waals surface area contributed by atoms with E-state index in [2.05, 4.69) is 0 Å². The molecule has 0 aromatic heterocycles. The van der Waals surface area contributed by atoms with Crippen molar-refractivity contribution < 1.29 is 19.1 Å². The number of hydrogen-bond donors (Lipinski definition) is 0. The Morgan fingerprint density at radius 3 is 2.11 bits per heavy atom. The van der Waals surface area contributed by atoms with Crippen molar-refractivity contribution in [2.75, 3.05) is 6.61 Å². The Morgan fingerprint density at radius 1 is 1.06 bits per heavy atom. The summed E-state index contributed by atoms with van der Waals surface area (Å²) in [7, 11) is 0. The molecule has 0 aliphatic carbocycles. The molecule has 0 aliphatic rings. The van der Waals surface area contributed by atoms with Crippen LogP contribution in [-0.4, -0.2) is 24.6 Å². The highest BCUT2D eigenvalue weighted by molar-refractivity contribution is 5.77. The maximum atomic E-state index is 11.4. The van der Waals surface area contributed by atoms with Crippen molar-refractivity contribution in [1.29, 1.82) is 0 Å². The van der Waals surface area contributed by atoms with Gasteiger partial charge in [-0.05, 0) is 32.8 Å². The van der Waals surface area contributed by atoms with Crippen LogP contribution in [0.5, 0.6) is 0 Å². The fraction of sp³-hybridized carbons (Fsp3) is 0.714. The van der Waals surface area contributed by atoms with Crippen LogP contribution in [0.3, 0.4) is 0 Å². The molecule has 0 amide bonds. The molecule has 0 N–H and O–H groups in total. The van der Waals surface area contributed by atoms with Crippen LogP contribution < -0.4 is 0 Å². The van der Waals surface area contributed by atoms with E-state index < -0.39 is 0 Å². The smallest absolute Gasteiger partial charge is 0.306 e. The van der Waals surface area contributed by atoms with Gasteiger partial charge in [0.25, 0.3) is 0 Å². The predicted molar refractivity (Wildman–Crippen MR) is 70.1 cm³/mol. The van der Waals surface area contributed by atoms with Crippen molar-refractivity contribution in [3.8, 4) is 0 Å². The third kappa shape index (κ3) is 8.79. The van der Waals surface area contributed by atoms with Gasteiger partial charge in [0.2, 0.25) is 0 Å². The average molecular weight is 256 g/mol. The molecule has 0 heterocycles. The minimum atomic E-state index is -0.367. The lowest BCUT2D eigenvalue weighted by Gasteiger charge is -2.13. The van der Waals surface area contributed by atoms with Gasteiger partial charge < -0.3 is 9.47 Å². The summed E-state index contributed by atoms with van der Waals surface area (Å²) < 4.78 is 10.1. The van der Waals surface area contributed by atoms with Gasteiger partial charge in [0.1, 0.15) is 12.7 Å². The van der Waals surface area contributed by atoms with Gasteiger partial charge in [0, 0.05) is 0 Å². The minimum Gasteiger partial charge on any atom is -0.462 e. The molecule has 0 aromatic rings. The molecule has 0 saturated heterocycles. The maximum absolute atomic E-state index is 11.4. The van der Waals surface area contributed by atoms with Crippen LogP contribution >= 0.6 is 0 Å². The molecule has 0 atom stereocenters. The van der Waals surface area contributed by atoms with Gasteiger partial charge in [0.15, 0.2) is 0 Å². The van der Waals surface area contributed by atoms with Crippen LogP contribution in [0.1, 0.15) is 53.4 Å². The van der Waals surface area contributed by atoms with E-state index in [4.69, 9.17) is 9.47 Å². The monoisotopic (exact) mass is 256 g/mol. The molecule has 4 nitrogen and oxygen atoms in total. The van der Waals surface area contributed by atoms with Crippen LogP contribution in [-0.2, 0) is 19.1 Å². The molecule has 104 valence electrons. The first kappa shape index (κ1) is 16.7. The van der Waals surface area contributed by atoms with Gasteiger partial charge in [-0.15, -0.1) is 0 Å². The number of rotatable bonds is 8. The lowest BCUT2D eigenvalue weighted by Crippen LogP contribution is -2.17. The molecule has 0 unspecified atom stereocenters. The van der Waals surface area contributed by atoms with Crippen molar-refractivity contribution in [3.63, 3.8) is 0 Å². The summed E-state index contributed by atoms with van der Waals surface area (Å²) in [5.41, 5.74) is 1.09. The molecule has 0 aliphatic heterocycles. The van der Waals surface area contributed by atoms with E-state index in [1.807, 2.05) is 33.8 Å². The number of carbonyl (C=O) groups is 2. The van der Waals surface area contributed by atoms with Crippen LogP contribution in [0.15, 0.2) is 11.6 Å². The molecule has 4 heteroatoms. The maximum Gasteiger partial charge on any atom is 0.306 e. The molecular formula is C14H24O4. The number of esters is 2. The summed E-state index contributed by atoms with van der Waals surface area (Å²) in [6, 6.07) is 0. The number of carbonyl (C=O) groups excluding carboxylic acids is 2. The Hall–Kier alpha value is -1.32. The molecule has 0 rings (SSSR count). The molecule has 0 spiro atoms. The molecule has 0 bridgehead atoms. The highest BCUT2D eigenvalue weighted by atomic mass is 16.5. The fourth-order valence-electron chi connectivity index (χ4n) is 1.28. The number of ether oxygens (including phenoxy) is 2. The zero-order chi connectivity index (χ0) is 14.0. The number of hydrogen-bond acceptors (Lipinski definition) is 4. The second-order valence-electron chi connectivity index (χ2n) is 4.39.